The Kier molecular flexibility index (Phi) is 5.16. The third-order valence-corrected chi connectivity index (χ3v) is 4.83. The lowest BCUT2D eigenvalue weighted by Crippen LogP contribution is -2.27. The molecule has 0 saturated carbocycles. The van der Waals surface area contributed by atoms with Gasteiger partial charge in [0.05, 0.1) is 16.3 Å². The number of para-hydroxylation sites is 1. The first-order chi connectivity index (χ1) is 11.6. The van der Waals surface area contributed by atoms with Crippen molar-refractivity contribution in [1.29, 1.82) is 0 Å². The molecule has 1 amide bonds. The summed E-state index contributed by atoms with van der Waals surface area (Å²) in [5.74, 6) is 0.505. The van der Waals surface area contributed by atoms with Gasteiger partial charge in [-0.05, 0) is 30.2 Å². The highest BCUT2D eigenvalue weighted by Gasteiger charge is 2.11. The average Bonchev–Trinajstić information content (AvgIpc) is 2.60. The number of fused-ring (bicyclic) bond motifs is 1. The van der Waals surface area contributed by atoms with Crippen molar-refractivity contribution in [1.82, 2.24) is 9.88 Å². The summed E-state index contributed by atoms with van der Waals surface area (Å²) in [6.45, 7) is 2.71. The molecule has 0 N–H and O–H groups in total. The smallest absolute Gasteiger partial charge is 0.233 e. The van der Waals surface area contributed by atoms with E-state index in [0.717, 1.165) is 21.5 Å². The second kappa shape index (κ2) is 7.49. The molecule has 4 heteroatoms. The molecule has 122 valence electrons. The molecule has 0 spiro atoms. The fourth-order valence-electron chi connectivity index (χ4n) is 2.58. The normalized spacial score (nSPS) is 10.8. The summed E-state index contributed by atoms with van der Waals surface area (Å²) in [5.41, 5.74) is 3.30. The van der Waals surface area contributed by atoms with Gasteiger partial charge in [0.25, 0.3) is 0 Å². The largest absolute Gasteiger partial charge is 0.341 e. The minimum atomic E-state index is 0.108. The quantitative estimate of drug-likeness (QED) is 0.652. The summed E-state index contributed by atoms with van der Waals surface area (Å²) in [4.78, 5) is 18.8. The lowest BCUT2D eigenvalue weighted by Gasteiger charge is -2.17. The van der Waals surface area contributed by atoms with Crippen molar-refractivity contribution in [3.8, 4) is 0 Å². The second-order valence-corrected chi connectivity index (χ2v) is 6.81. The number of carbonyl (C=O) groups excluding carboxylic acids is 1. The molecule has 0 unspecified atom stereocenters. The van der Waals surface area contributed by atoms with E-state index < -0.39 is 0 Å². The third kappa shape index (κ3) is 3.95. The van der Waals surface area contributed by atoms with Gasteiger partial charge in [0.1, 0.15) is 0 Å². The highest BCUT2D eigenvalue weighted by molar-refractivity contribution is 7.99. The van der Waals surface area contributed by atoms with E-state index in [1.165, 1.54) is 17.3 Å². The predicted molar refractivity (Wildman–Crippen MR) is 100 cm³/mol. The van der Waals surface area contributed by atoms with Crippen LogP contribution in [0.5, 0.6) is 0 Å². The Labute approximate surface area is 146 Å². The Bertz CT molecular complexity index is 849. The number of benzene rings is 2. The van der Waals surface area contributed by atoms with Crippen LogP contribution in [0.2, 0.25) is 0 Å². The fraction of sp³-hybridized carbons (Fsp3) is 0.200. The monoisotopic (exact) mass is 336 g/mol. The van der Waals surface area contributed by atoms with Gasteiger partial charge in [0.15, 0.2) is 0 Å². The van der Waals surface area contributed by atoms with Crippen molar-refractivity contribution >= 4 is 28.6 Å². The summed E-state index contributed by atoms with van der Waals surface area (Å²) in [6.07, 6.45) is 0. The summed E-state index contributed by atoms with van der Waals surface area (Å²) in [5, 5.41) is 2.06. The molecule has 0 bridgehead atoms. The average molecular weight is 336 g/mol. The number of rotatable bonds is 5. The number of pyridine rings is 1. The minimum Gasteiger partial charge on any atom is -0.341 e. The predicted octanol–water partition coefficient (Wildman–Crippen LogP) is 4.29. The first kappa shape index (κ1) is 16.5. The SMILES string of the molecule is Cc1cc(SCC(=O)N(C)Cc2ccccc2)nc2ccccc12. The molecule has 0 aliphatic heterocycles. The van der Waals surface area contributed by atoms with Crippen LogP contribution in [-0.2, 0) is 11.3 Å². The third-order valence-electron chi connectivity index (χ3n) is 3.93. The number of thioether (sulfide) groups is 1. The number of hydrogen-bond donors (Lipinski definition) is 0. The van der Waals surface area contributed by atoms with Crippen molar-refractivity contribution in [3.63, 3.8) is 0 Å². The molecule has 0 atom stereocenters. The number of nitrogens with zero attached hydrogens (tertiary/aromatic N) is 2. The van der Waals surface area contributed by atoms with E-state index in [1.54, 1.807) is 4.90 Å². The molecule has 0 fully saturated rings. The summed E-state index contributed by atoms with van der Waals surface area (Å²) < 4.78 is 0. The van der Waals surface area contributed by atoms with Crippen LogP contribution < -0.4 is 0 Å². The van der Waals surface area contributed by atoms with E-state index in [1.807, 2.05) is 55.6 Å². The molecule has 3 aromatic rings. The molecule has 1 aromatic heterocycles. The molecule has 0 saturated heterocycles. The highest BCUT2D eigenvalue weighted by atomic mass is 32.2. The molecular formula is C20H20N2OS. The van der Waals surface area contributed by atoms with Crippen LogP contribution in [0, 0.1) is 6.92 Å². The molecule has 0 aliphatic rings. The van der Waals surface area contributed by atoms with Crippen molar-refractivity contribution in [2.45, 2.75) is 18.5 Å². The first-order valence-electron chi connectivity index (χ1n) is 7.90. The minimum absolute atomic E-state index is 0.108. The van der Waals surface area contributed by atoms with E-state index in [0.29, 0.717) is 12.3 Å². The van der Waals surface area contributed by atoms with Gasteiger partial charge in [-0.3, -0.25) is 4.79 Å². The summed E-state index contributed by atoms with van der Waals surface area (Å²) in [7, 11) is 1.84. The molecule has 3 nitrogen and oxygen atoms in total. The molecular weight excluding hydrogens is 316 g/mol. The Hall–Kier alpha value is -2.33. The molecule has 0 aliphatic carbocycles. The summed E-state index contributed by atoms with van der Waals surface area (Å²) >= 11 is 1.49. The van der Waals surface area contributed by atoms with Crippen molar-refractivity contribution < 1.29 is 4.79 Å². The van der Waals surface area contributed by atoms with Gasteiger partial charge >= 0.3 is 0 Å². The van der Waals surface area contributed by atoms with Gasteiger partial charge in [0, 0.05) is 19.0 Å². The van der Waals surface area contributed by atoms with Gasteiger partial charge in [0.2, 0.25) is 5.91 Å². The topological polar surface area (TPSA) is 33.2 Å². The van der Waals surface area contributed by atoms with Crippen LogP contribution in [-0.4, -0.2) is 28.6 Å². The van der Waals surface area contributed by atoms with E-state index >= 15 is 0 Å². The van der Waals surface area contributed by atoms with Crippen LogP contribution in [0.15, 0.2) is 65.7 Å². The van der Waals surface area contributed by atoms with Crippen molar-refractivity contribution in [2.75, 3.05) is 12.8 Å². The summed E-state index contributed by atoms with van der Waals surface area (Å²) in [6, 6.07) is 20.2. The number of hydrogen-bond acceptors (Lipinski definition) is 3. The van der Waals surface area contributed by atoms with Gasteiger partial charge < -0.3 is 4.90 Å². The van der Waals surface area contributed by atoms with E-state index in [-0.39, 0.29) is 5.91 Å². The molecule has 0 radical (unpaired) electrons. The number of aromatic nitrogens is 1. The fourth-order valence-corrected chi connectivity index (χ4v) is 3.50. The zero-order valence-corrected chi connectivity index (χ0v) is 14.7. The maximum absolute atomic E-state index is 12.3. The molecule has 24 heavy (non-hydrogen) atoms. The first-order valence-corrected chi connectivity index (χ1v) is 8.89. The highest BCUT2D eigenvalue weighted by Crippen LogP contribution is 2.23. The maximum atomic E-state index is 12.3. The number of aryl methyl sites for hydroxylation is 1. The van der Waals surface area contributed by atoms with Gasteiger partial charge in [-0.25, -0.2) is 4.98 Å². The molecule has 1 heterocycles. The lowest BCUT2D eigenvalue weighted by atomic mass is 10.1. The van der Waals surface area contributed by atoms with E-state index in [2.05, 4.69) is 24.0 Å². The van der Waals surface area contributed by atoms with Crippen LogP contribution >= 0.6 is 11.8 Å². The van der Waals surface area contributed by atoms with Crippen LogP contribution in [0.3, 0.4) is 0 Å². The van der Waals surface area contributed by atoms with Crippen LogP contribution in [0.4, 0.5) is 0 Å². The number of carbonyl (C=O) groups is 1. The van der Waals surface area contributed by atoms with Crippen molar-refractivity contribution in [3.05, 3.63) is 71.8 Å². The van der Waals surface area contributed by atoms with E-state index in [4.69, 9.17) is 0 Å². The zero-order valence-electron chi connectivity index (χ0n) is 13.9. The Morgan fingerprint density at radius 3 is 2.58 bits per heavy atom. The molecule has 3 rings (SSSR count). The lowest BCUT2D eigenvalue weighted by molar-refractivity contribution is -0.127. The van der Waals surface area contributed by atoms with Crippen LogP contribution in [0.1, 0.15) is 11.1 Å². The Balaban J connectivity index is 1.63. The Morgan fingerprint density at radius 1 is 1.08 bits per heavy atom. The van der Waals surface area contributed by atoms with E-state index in [9.17, 15) is 4.79 Å². The maximum Gasteiger partial charge on any atom is 0.233 e. The second-order valence-electron chi connectivity index (χ2n) is 5.82. The molecule has 2 aromatic carbocycles. The Morgan fingerprint density at radius 2 is 1.79 bits per heavy atom. The van der Waals surface area contributed by atoms with Crippen molar-refractivity contribution in [2.24, 2.45) is 0 Å². The van der Waals surface area contributed by atoms with Gasteiger partial charge in [-0.15, -0.1) is 0 Å². The standard InChI is InChI=1S/C20H20N2OS/c1-15-12-19(21-18-11-7-6-10-17(15)18)24-14-20(23)22(2)13-16-8-4-3-5-9-16/h3-12H,13-14H2,1-2H3. The van der Waals surface area contributed by atoms with Crippen LogP contribution in [0.25, 0.3) is 10.9 Å². The van der Waals surface area contributed by atoms with Gasteiger partial charge in [-0.1, -0.05) is 60.3 Å². The zero-order chi connectivity index (χ0) is 16.9. The van der Waals surface area contributed by atoms with Gasteiger partial charge in [-0.2, -0.15) is 0 Å². The number of amides is 1.